The average Bonchev–Trinajstić information content (AvgIpc) is 2.90. The number of carbonyl (C=O) groups is 2. The first-order valence-corrected chi connectivity index (χ1v) is 12.8. The molecule has 0 aromatic heterocycles. The van der Waals surface area contributed by atoms with Crippen molar-refractivity contribution in [2.75, 3.05) is 23.8 Å². The van der Waals surface area contributed by atoms with Crippen LogP contribution in [0.3, 0.4) is 0 Å². The molecule has 2 N–H and O–H groups in total. The Morgan fingerprint density at radius 3 is 1.19 bits per heavy atom. The van der Waals surface area contributed by atoms with Crippen LogP contribution in [0.1, 0.15) is 0 Å². The highest BCUT2D eigenvalue weighted by Crippen LogP contribution is 2.25. The quantitative estimate of drug-likeness (QED) is 0.197. The van der Waals surface area contributed by atoms with Crippen molar-refractivity contribution in [1.29, 1.82) is 0 Å². The zero-order chi connectivity index (χ0) is 26.0. The Labute approximate surface area is 231 Å². The summed E-state index contributed by atoms with van der Waals surface area (Å²) in [6.45, 7) is -0.196. The van der Waals surface area contributed by atoms with Gasteiger partial charge in [0.2, 0.25) is 0 Å². The Balaban J connectivity index is 1.21. The van der Waals surface area contributed by atoms with Crippen LogP contribution in [0.15, 0.2) is 106 Å². The smallest absolute Gasteiger partial charge is 0.262 e. The highest BCUT2D eigenvalue weighted by molar-refractivity contribution is 9.10. The Morgan fingerprint density at radius 1 is 0.514 bits per heavy atom. The predicted molar refractivity (Wildman–Crippen MR) is 149 cm³/mol. The topological polar surface area (TPSA) is 85.9 Å². The lowest BCUT2D eigenvalue weighted by Gasteiger charge is -2.10. The second-order valence-corrected chi connectivity index (χ2v) is 9.56. The van der Waals surface area contributed by atoms with Gasteiger partial charge >= 0.3 is 0 Å². The predicted octanol–water partition coefficient (Wildman–Crippen LogP) is 7.04. The van der Waals surface area contributed by atoms with E-state index in [1.165, 1.54) is 0 Å². The first-order valence-electron chi connectivity index (χ1n) is 11.2. The van der Waals surface area contributed by atoms with Gasteiger partial charge in [-0.05, 0) is 97.1 Å². The van der Waals surface area contributed by atoms with E-state index in [9.17, 15) is 9.59 Å². The number of hydrogen-bond donors (Lipinski definition) is 2. The van der Waals surface area contributed by atoms with E-state index < -0.39 is 0 Å². The van der Waals surface area contributed by atoms with E-state index in [2.05, 4.69) is 42.5 Å². The molecular weight excluding hydrogens is 604 g/mol. The Kier molecular flexibility index (Phi) is 9.18. The second-order valence-electron chi connectivity index (χ2n) is 7.73. The number of carbonyl (C=O) groups excluding carboxylic acids is 2. The third-order valence-electron chi connectivity index (χ3n) is 4.88. The molecule has 0 saturated heterocycles. The molecule has 2 amide bonds. The van der Waals surface area contributed by atoms with Crippen molar-refractivity contribution in [2.45, 2.75) is 0 Å². The summed E-state index contributed by atoms with van der Waals surface area (Å²) >= 11 is 6.71. The minimum Gasteiger partial charge on any atom is -0.484 e. The van der Waals surface area contributed by atoms with E-state index in [4.69, 9.17) is 14.2 Å². The van der Waals surface area contributed by atoms with Crippen molar-refractivity contribution in [3.8, 4) is 23.0 Å². The molecule has 9 heteroatoms. The van der Waals surface area contributed by atoms with E-state index >= 15 is 0 Å². The van der Waals surface area contributed by atoms with Gasteiger partial charge in [-0.1, -0.05) is 31.9 Å². The Hall–Kier alpha value is -3.82. The van der Waals surface area contributed by atoms with Gasteiger partial charge in [-0.25, -0.2) is 0 Å². The van der Waals surface area contributed by atoms with Crippen LogP contribution < -0.4 is 24.8 Å². The maximum atomic E-state index is 12.1. The third-order valence-corrected chi connectivity index (χ3v) is 5.94. The molecule has 4 aromatic carbocycles. The molecule has 0 atom stereocenters. The molecule has 0 spiro atoms. The Bertz CT molecular complexity index is 1220. The van der Waals surface area contributed by atoms with E-state index in [-0.39, 0.29) is 25.0 Å². The van der Waals surface area contributed by atoms with E-state index in [0.717, 1.165) is 8.95 Å². The van der Waals surface area contributed by atoms with Gasteiger partial charge in [0, 0.05) is 20.3 Å². The number of nitrogens with one attached hydrogen (secondary N) is 2. The van der Waals surface area contributed by atoms with Crippen LogP contribution in [0, 0.1) is 0 Å². The van der Waals surface area contributed by atoms with Crippen LogP contribution in [-0.4, -0.2) is 25.0 Å². The van der Waals surface area contributed by atoms with Crippen LogP contribution >= 0.6 is 31.9 Å². The molecule has 0 aliphatic carbocycles. The van der Waals surface area contributed by atoms with Crippen LogP contribution in [0.4, 0.5) is 11.4 Å². The summed E-state index contributed by atoms with van der Waals surface area (Å²) in [4.78, 5) is 24.3. The fraction of sp³-hybridized carbons (Fsp3) is 0.0714. The summed E-state index contributed by atoms with van der Waals surface area (Å²) in [5.41, 5.74) is 1.25. The van der Waals surface area contributed by atoms with Crippen LogP contribution in [-0.2, 0) is 9.59 Å². The number of amides is 2. The van der Waals surface area contributed by atoms with Crippen molar-refractivity contribution >= 4 is 55.0 Å². The molecule has 0 saturated carbocycles. The normalized spacial score (nSPS) is 10.3. The monoisotopic (exact) mass is 624 g/mol. The molecular formula is C28H22Br2N2O5. The number of benzene rings is 4. The summed E-state index contributed by atoms with van der Waals surface area (Å²) in [5.74, 6) is 1.89. The van der Waals surface area contributed by atoms with Gasteiger partial charge in [-0.3, -0.25) is 9.59 Å². The summed E-state index contributed by atoms with van der Waals surface area (Å²) in [6.07, 6.45) is 0. The van der Waals surface area contributed by atoms with Gasteiger partial charge in [0.25, 0.3) is 11.8 Å². The minimum absolute atomic E-state index is 0.0981. The molecule has 0 unspecified atom stereocenters. The van der Waals surface area contributed by atoms with Crippen molar-refractivity contribution in [2.24, 2.45) is 0 Å². The van der Waals surface area contributed by atoms with Crippen LogP contribution in [0.5, 0.6) is 23.0 Å². The fourth-order valence-electron chi connectivity index (χ4n) is 3.10. The number of ether oxygens (including phenoxy) is 3. The average molecular weight is 626 g/mol. The molecule has 0 radical (unpaired) electrons. The lowest BCUT2D eigenvalue weighted by Crippen LogP contribution is -2.20. The zero-order valence-electron chi connectivity index (χ0n) is 19.4. The molecule has 0 heterocycles. The molecule has 4 aromatic rings. The van der Waals surface area contributed by atoms with Gasteiger partial charge in [0.05, 0.1) is 0 Å². The molecule has 0 aliphatic heterocycles. The fourth-order valence-corrected chi connectivity index (χ4v) is 3.63. The molecule has 0 bridgehead atoms. The van der Waals surface area contributed by atoms with Gasteiger partial charge in [-0.15, -0.1) is 0 Å². The lowest BCUT2D eigenvalue weighted by molar-refractivity contribution is -0.118. The molecule has 0 aliphatic rings. The van der Waals surface area contributed by atoms with Gasteiger partial charge in [-0.2, -0.15) is 0 Å². The highest BCUT2D eigenvalue weighted by atomic mass is 79.9. The minimum atomic E-state index is -0.267. The maximum absolute atomic E-state index is 12.1. The van der Waals surface area contributed by atoms with Crippen molar-refractivity contribution in [1.82, 2.24) is 0 Å². The molecule has 7 nitrogen and oxygen atoms in total. The van der Waals surface area contributed by atoms with Crippen molar-refractivity contribution in [3.05, 3.63) is 106 Å². The first-order chi connectivity index (χ1) is 17.9. The Morgan fingerprint density at radius 2 is 0.838 bits per heavy atom. The maximum Gasteiger partial charge on any atom is 0.262 e. The SMILES string of the molecule is O=C(COc1ccc(Br)cc1)Nc1ccc(Oc2ccc(NC(=O)COc3ccc(Br)cc3)cc2)cc1. The highest BCUT2D eigenvalue weighted by Gasteiger charge is 2.07. The number of halogens is 2. The number of anilines is 2. The van der Waals surface area contributed by atoms with E-state index in [1.807, 2.05) is 24.3 Å². The molecule has 188 valence electrons. The first kappa shape index (κ1) is 26.2. The second kappa shape index (κ2) is 12.9. The summed E-state index contributed by atoms with van der Waals surface area (Å²) in [6, 6.07) is 28.5. The third kappa shape index (κ3) is 8.66. The lowest BCUT2D eigenvalue weighted by atomic mass is 10.2. The van der Waals surface area contributed by atoms with Gasteiger partial charge in [0.1, 0.15) is 23.0 Å². The molecule has 0 fully saturated rings. The van der Waals surface area contributed by atoms with Crippen LogP contribution in [0.2, 0.25) is 0 Å². The summed E-state index contributed by atoms with van der Waals surface area (Å²) < 4.78 is 18.7. The van der Waals surface area contributed by atoms with Crippen LogP contribution in [0.25, 0.3) is 0 Å². The summed E-state index contributed by atoms with van der Waals surface area (Å²) in [5, 5.41) is 5.56. The summed E-state index contributed by atoms with van der Waals surface area (Å²) in [7, 11) is 0. The van der Waals surface area contributed by atoms with Crippen molar-refractivity contribution in [3.63, 3.8) is 0 Å². The molecule has 37 heavy (non-hydrogen) atoms. The van der Waals surface area contributed by atoms with Gasteiger partial charge in [0.15, 0.2) is 13.2 Å². The zero-order valence-corrected chi connectivity index (χ0v) is 22.6. The molecule has 4 rings (SSSR count). The number of hydrogen-bond acceptors (Lipinski definition) is 5. The van der Waals surface area contributed by atoms with Crippen molar-refractivity contribution < 1.29 is 23.8 Å². The van der Waals surface area contributed by atoms with E-state index in [1.54, 1.807) is 72.8 Å². The standard InChI is InChI=1S/C28H22Br2N2O5/c29-19-1-9-23(10-2-19)35-17-27(33)31-21-5-13-25(14-6-21)37-26-15-7-22(8-16-26)32-28(34)18-36-24-11-3-20(30)4-12-24/h1-16H,17-18H2,(H,31,33)(H,32,34). The van der Waals surface area contributed by atoms with E-state index in [0.29, 0.717) is 34.4 Å². The van der Waals surface area contributed by atoms with Gasteiger partial charge < -0.3 is 24.8 Å². The largest absolute Gasteiger partial charge is 0.484 e. The number of rotatable bonds is 10.